The molecule has 1 atom stereocenters. The third-order valence-corrected chi connectivity index (χ3v) is 3.47. The maximum absolute atomic E-state index is 12.1. The molecule has 0 aliphatic rings. The summed E-state index contributed by atoms with van der Waals surface area (Å²) in [5.74, 6) is -0.710. The van der Waals surface area contributed by atoms with E-state index in [0.717, 1.165) is 12.8 Å². The molecule has 22 heavy (non-hydrogen) atoms. The number of hydrogen-bond acceptors (Lipinski definition) is 3. The van der Waals surface area contributed by atoms with E-state index in [1.807, 2.05) is 13.0 Å². The summed E-state index contributed by atoms with van der Waals surface area (Å²) in [6, 6.07) is 8.55. The van der Waals surface area contributed by atoms with Crippen LogP contribution in [0.4, 0.5) is 0 Å². The lowest BCUT2D eigenvalue weighted by molar-refractivity contribution is -0.121. The largest absolute Gasteiger partial charge is 0.292 e. The first-order valence-electron chi connectivity index (χ1n) is 7.19. The fraction of sp³-hybridized carbons (Fsp3) is 0.312. The second-order valence-corrected chi connectivity index (χ2v) is 5.46. The lowest BCUT2D eigenvalue weighted by atomic mass is 10.1. The molecule has 0 spiro atoms. The van der Waals surface area contributed by atoms with Crippen molar-refractivity contribution < 1.29 is 9.59 Å². The summed E-state index contributed by atoms with van der Waals surface area (Å²) in [5, 5.41) is 7.08. The molecule has 5 nitrogen and oxygen atoms in total. The van der Waals surface area contributed by atoms with Crippen LogP contribution in [0.15, 0.2) is 42.7 Å². The highest BCUT2D eigenvalue weighted by atomic mass is 35.5. The number of amides is 2. The smallest absolute Gasteiger partial charge is 0.257 e. The fourth-order valence-corrected chi connectivity index (χ4v) is 2.37. The third kappa shape index (κ3) is 4.43. The Balaban J connectivity index is 1.98. The molecular weight excluding hydrogens is 302 g/mol. The highest BCUT2D eigenvalue weighted by Crippen LogP contribution is 2.19. The molecule has 0 aliphatic carbocycles. The number of imide groups is 1. The van der Waals surface area contributed by atoms with Crippen LogP contribution in [0.25, 0.3) is 0 Å². The SMILES string of the molecule is CCCC(CC(=O)NC(=O)c1ccccc1)n1cc(Cl)cn1. The normalized spacial score (nSPS) is 11.9. The second kappa shape index (κ2) is 7.75. The van der Waals surface area contributed by atoms with Gasteiger partial charge in [0.1, 0.15) is 0 Å². The lowest BCUT2D eigenvalue weighted by Gasteiger charge is -2.16. The minimum atomic E-state index is -0.389. The van der Waals surface area contributed by atoms with Gasteiger partial charge in [0.25, 0.3) is 5.91 Å². The van der Waals surface area contributed by atoms with Crippen molar-refractivity contribution in [3.05, 3.63) is 53.3 Å². The van der Waals surface area contributed by atoms with Crippen molar-refractivity contribution >= 4 is 23.4 Å². The average molecular weight is 320 g/mol. The van der Waals surface area contributed by atoms with Crippen molar-refractivity contribution in [2.24, 2.45) is 0 Å². The Hall–Kier alpha value is -2.14. The monoisotopic (exact) mass is 319 g/mol. The molecule has 0 aliphatic heterocycles. The predicted octanol–water partition coefficient (Wildman–Crippen LogP) is 3.22. The topological polar surface area (TPSA) is 64.0 Å². The van der Waals surface area contributed by atoms with E-state index in [0.29, 0.717) is 10.6 Å². The first kappa shape index (κ1) is 16.2. The lowest BCUT2D eigenvalue weighted by Crippen LogP contribution is -2.32. The number of benzene rings is 1. The second-order valence-electron chi connectivity index (χ2n) is 5.03. The molecule has 1 aromatic carbocycles. The van der Waals surface area contributed by atoms with Crippen molar-refractivity contribution in [3.63, 3.8) is 0 Å². The van der Waals surface area contributed by atoms with E-state index in [4.69, 9.17) is 11.6 Å². The molecule has 6 heteroatoms. The molecule has 0 radical (unpaired) electrons. The van der Waals surface area contributed by atoms with Crippen LogP contribution in [0.1, 0.15) is 42.6 Å². The Morgan fingerprint density at radius 1 is 1.32 bits per heavy atom. The summed E-state index contributed by atoms with van der Waals surface area (Å²) in [4.78, 5) is 24.0. The van der Waals surface area contributed by atoms with E-state index in [1.54, 1.807) is 35.1 Å². The molecule has 2 aromatic rings. The van der Waals surface area contributed by atoms with Crippen LogP contribution in [-0.4, -0.2) is 21.6 Å². The summed E-state index contributed by atoms with van der Waals surface area (Å²) in [5.41, 5.74) is 0.463. The van der Waals surface area contributed by atoms with Gasteiger partial charge in [-0.1, -0.05) is 43.1 Å². The van der Waals surface area contributed by atoms with Crippen LogP contribution in [0.2, 0.25) is 5.02 Å². The maximum Gasteiger partial charge on any atom is 0.257 e. The van der Waals surface area contributed by atoms with Crippen LogP contribution >= 0.6 is 11.6 Å². The fourth-order valence-electron chi connectivity index (χ4n) is 2.23. The van der Waals surface area contributed by atoms with Crippen molar-refractivity contribution in [1.82, 2.24) is 15.1 Å². The molecule has 0 saturated heterocycles. The first-order valence-corrected chi connectivity index (χ1v) is 7.56. The minimum Gasteiger partial charge on any atom is -0.292 e. The molecule has 0 saturated carbocycles. The zero-order chi connectivity index (χ0) is 15.9. The zero-order valence-corrected chi connectivity index (χ0v) is 13.1. The molecule has 0 bridgehead atoms. The molecule has 1 heterocycles. The van der Waals surface area contributed by atoms with Crippen LogP contribution < -0.4 is 5.32 Å². The number of halogens is 1. The van der Waals surface area contributed by atoms with E-state index in [-0.39, 0.29) is 24.3 Å². The van der Waals surface area contributed by atoms with E-state index in [2.05, 4.69) is 10.4 Å². The molecule has 116 valence electrons. The number of rotatable bonds is 6. The predicted molar refractivity (Wildman–Crippen MR) is 84.7 cm³/mol. The quantitative estimate of drug-likeness (QED) is 0.889. The Morgan fingerprint density at radius 3 is 2.64 bits per heavy atom. The molecule has 1 unspecified atom stereocenters. The van der Waals surface area contributed by atoms with Crippen LogP contribution in [0.3, 0.4) is 0 Å². The van der Waals surface area contributed by atoms with E-state index >= 15 is 0 Å². The van der Waals surface area contributed by atoms with Crippen LogP contribution in [-0.2, 0) is 4.79 Å². The molecule has 2 amide bonds. The molecule has 1 aromatic heterocycles. The number of nitrogens with one attached hydrogen (secondary N) is 1. The van der Waals surface area contributed by atoms with E-state index in [1.165, 1.54) is 6.20 Å². The highest BCUT2D eigenvalue weighted by Gasteiger charge is 2.18. The summed E-state index contributed by atoms with van der Waals surface area (Å²) >= 11 is 5.87. The van der Waals surface area contributed by atoms with Gasteiger partial charge in [-0.05, 0) is 18.6 Å². The Labute approximate surface area is 134 Å². The van der Waals surface area contributed by atoms with Gasteiger partial charge < -0.3 is 0 Å². The van der Waals surface area contributed by atoms with Gasteiger partial charge in [0.05, 0.1) is 17.3 Å². The Kier molecular flexibility index (Phi) is 5.72. The van der Waals surface area contributed by atoms with Crippen LogP contribution in [0.5, 0.6) is 0 Å². The van der Waals surface area contributed by atoms with Gasteiger partial charge in [-0.15, -0.1) is 0 Å². The summed E-state index contributed by atoms with van der Waals surface area (Å²) in [6.45, 7) is 2.03. The number of carbonyl (C=O) groups is 2. The highest BCUT2D eigenvalue weighted by molar-refractivity contribution is 6.30. The van der Waals surface area contributed by atoms with Gasteiger partial charge in [-0.2, -0.15) is 5.10 Å². The maximum atomic E-state index is 12.1. The average Bonchev–Trinajstić information content (AvgIpc) is 2.94. The minimum absolute atomic E-state index is 0.110. The molecule has 2 rings (SSSR count). The molecular formula is C16H18ClN3O2. The molecule has 0 fully saturated rings. The summed E-state index contributed by atoms with van der Waals surface area (Å²) in [7, 11) is 0. The van der Waals surface area contributed by atoms with Gasteiger partial charge >= 0.3 is 0 Å². The van der Waals surface area contributed by atoms with Crippen LogP contribution in [0, 0.1) is 0 Å². The summed E-state index contributed by atoms with van der Waals surface area (Å²) in [6.07, 6.45) is 5.10. The number of nitrogens with zero attached hydrogens (tertiary/aromatic N) is 2. The number of hydrogen-bond donors (Lipinski definition) is 1. The van der Waals surface area contributed by atoms with Crippen molar-refractivity contribution in [2.75, 3.05) is 0 Å². The first-order chi connectivity index (χ1) is 10.6. The number of aromatic nitrogens is 2. The van der Waals surface area contributed by atoms with Crippen molar-refractivity contribution in [1.29, 1.82) is 0 Å². The van der Waals surface area contributed by atoms with Gasteiger partial charge in [-0.25, -0.2) is 0 Å². The van der Waals surface area contributed by atoms with Gasteiger partial charge in [0, 0.05) is 18.2 Å². The van der Waals surface area contributed by atoms with Crippen molar-refractivity contribution in [3.8, 4) is 0 Å². The zero-order valence-electron chi connectivity index (χ0n) is 12.3. The van der Waals surface area contributed by atoms with Gasteiger partial charge in [0.15, 0.2) is 0 Å². The third-order valence-electron chi connectivity index (χ3n) is 3.28. The number of carbonyl (C=O) groups excluding carboxylic acids is 2. The standard InChI is InChI=1S/C16H18ClN3O2/c1-2-6-14(20-11-13(17)10-18-20)9-15(21)19-16(22)12-7-4-3-5-8-12/h3-5,7-8,10-11,14H,2,6,9H2,1H3,(H,19,21,22). The Morgan fingerprint density at radius 2 is 2.05 bits per heavy atom. The van der Waals surface area contributed by atoms with Crippen molar-refractivity contribution in [2.45, 2.75) is 32.2 Å². The Bertz CT molecular complexity index is 640. The van der Waals surface area contributed by atoms with Gasteiger partial charge in [-0.3, -0.25) is 19.6 Å². The molecule has 1 N–H and O–H groups in total. The summed E-state index contributed by atoms with van der Waals surface area (Å²) < 4.78 is 1.68. The van der Waals surface area contributed by atoms with E-state index in [9.17, 15) is 9.59 Å². The van der Waals surface area contributed by atoms with Gasteiger partial charge in [0.2, 0.25) is 5.91 Å². The van der Waals surface area contributed by atoms with E-state index < -0.39 is 0 Å².